The molecule has 1 atom stereocenters. The van der Waals surface area contributed by atoms with E-state index in [9.17, 15) is 27.1 Å². The summed E-state index contributed by atoms with van der Waals surface area (Å²) in [5.41, 5.74) is -2.63. The molecule has 0 saturated carbocycles. The highest BCUT2D eigenvalue weighted by molar-refractivity contribution is 5.44. The molecule has 0 amide bonds. The molecule has 0 saturated heterocycles. The second-order valence-electron chi connectivity index (χ2n) is 11.2. The molecule has 0 bridgehead atoms. The fourth-order valence-corrected chi connectivity index (χ4v) is 4.89. The molecule has 2 aromatic heterocycles. The Morgan fingerprint density at radius 1 is 0.857 bits per heavy atom. The van der Waals surface area contributed by atoms with Crippen molar-refractivity contribution in [2.75, 3.05) is 13.6 Å². The Hall–Kier alpha value is -5.33. The van der Waals surface area contributed by atoms with Gasteiger partial charge < -0.3 is 9.84 Å². The molecule has 2 heterocycles. The number of tetrazole rings is 1. The normalized spacial score (nSPS) is 13.1. The van der Waals surface area contributed by atoms with Gasteiger partial charge >= 0.3 is 12.1 Å². The number of benzene rings is 3. The monoisotopic (exact) mass is 684 g/mol. The van der Waals surface area contributed by atoms with Gasteiger partial charge in [-0.1, -0.05) is 36.1 Å². The number of rotatable bonds is 11. The van der Waals surface area contributed by atoms with Crippen molar-refractivity contribution in [3.05, 3.63) is 137 Å². The van der Waals surface area contributed by atoms with Crippen molar-refractivity contribution in [2.45, 2.75) is 37.4 Å². The Labute approximate surface area is 275 Å². The molecule has 5 rings (SSSR count). The lowest BCUT2D eigenvalue weighted by atomic mass is 9.84. The highest BCUT2D eigenvalue weighted by Gasteiger charge is 2.58. The number of pyridine rings is 1. The lowest BCUT2D eigenvalue weighted by Crippen LogP contribution is -2.48. The Balaban J connectivity index is 1.22. The third kappa shape index (κ3) is 8.78. The molecule has 5 aromatic rings. The van der Waals surface area contributed by atoms with Crippen molar-refractivity contribution in [3.63, 3.8) is 0 Å². The maximum atomic E-state index is 15.9. The Bertz CT molecular complexity index is 1910. The predicted molar refractivity (Wildman–Crippen MR) is 162 cm³/mol. The fourth-order valence-electron chi connectivity index (χ4n) is 4.89. The molecular formula is C34H27F7N6O2. The van der Waals surface area contributed by atoms with Crippen LogP contribution in [0.5, 0.6) is 5.75 Å². The number of nitrogens with zero attached hydrogens (tertiary/aromatic N) is 6. The molecule has 49 heavy (non-hydrogen) atoms. The molecule has 8 nitrogen and oxygen atoms in total. The van der Waals surface area contributed by atoms with Gasteiger partial charge in [0.05, 0.1) is 13.1 Å². The van der Waals surface area contributed by atoms with E-state index in [0.717, 1.165) is 46.5 Å². The molecule has 254 valence electrons. The van der Waals surface area contributed by atoms with Gasteiger partial charge in [-0.2, -0.15) is 22.0 Å². The average molecular weight is 685 g/mol. The van der Waals surface area contributed by atoms with E-state index in [1.165, 1.54) is 18.0 Å². The summed E-state index contributed by atoms with van der Waals surface area (Å²) in [7, 11) is 1.40. The third-order valence-corrected chi connectivity index (χ3v) is 7.30. The number of alkyl halides is 5. The van der Waals surface area contributed by atoms with Crippen molar-refractivity contribution in [3.8, 4) is 17.6 Å². The van der Waals surface area contributed by atoms with E-state index in [2.05, 4.69) is 32.4 Å². The van der Waals surface area contributed by atoms with Crippen molar-refractivity contribution >= 4 is 0 Å². The molecule has 0 aliphatic carbocycles. The molecule has 0 spiro atoms. The van der Waals surface area contributed by atoms with Crippen LogP contribution in [0, 0.1) is 23.5 Å². The second kappa shape index (κ2) is 14.4. The first-order valence-electron chi connectivity index (χ1n) is 14.5. The summed E-state index contributed by atoms with van der Waals surface area (Å²) >= 11 is 0. The van der Waals surface area contributed by atoms with Crippen LogP contribution in [0.25, 0.3) is 0 Å². The highest BCUT2D eigenvalue weighted by Crippen LogP contribution is 2.46. The van der Waals surface area contributed by atoms with Crippen molar-refractivity contribution in [1.29, 1.82) is 0 Å². The van der Waals surface area contributed by atoms with Gasteiger partial charge in [0.1, 0.15) is 36.0 Å². The summed E-state index contributed by atoms with van der Waals surface area (Å²) in [4.78, 5) is 4.98. The van der Waals surface area contributed by atoms with Gasteiger partial charge in [-0.05, 0) is 77.1 Å². The Morgan fingerprint density at radius 2 is 1.53 bits per heavy atom. The predicted octanol–water partition coefficient (Wildman–Crippen LogP) is 6.00. The number of ether oxygens (including phenoxy) is 1. The maximum Gasteiger partial charge on any atom is 0.401 e. The minimum Gasteiger partial charge on any atom is -0.489 e. The van der Waals surface area contributed by atoms with Crippen LogP contribution in [0.4, 0.5) is 30.7 Å². The SMILES string of the molecule is CN(Cc1ccc(COc2ccc(C#Cc3ccc(C(F)(F)C(O)(Cn4cnnn4)c4ccc(F)cc4F)nc3)cc2)cc1)CC(F)(F)F. The number of aromatic nitrogens is 5. The van der Waals surface area contributed by atoms with Crippen LogP contribution in [-0.2, 0) is 31.2 Å². The van der Waals surface area contributed by atoms with Crippen LogP contribution in [0.15, 0.2) is 91.4 Å². The molecule has 0 aliphatic rings. The summed E-state index contributed by atoms with van der Waals surface area (Å²) < 4.78 is 104. The van der Waals surface area contributed by atoms with Gasteiger partial charge in [-0.15, -0.1) is 5.10 Å². The highest BCUT2D eigenvalue weighted by atomic mass is 19.4. The molecule has 1 N–H and O–H groups in total. The van der Waals surface area contributed by atoms with Gasteiger partial charge in [0, 0.05) is 35.5 Å². The molecule has 1 unspecified atom stereocenters. The second-order valence-corrected chi connectivity index (χ2v) is 11.2. The topological polar surface area (TPSA) is 89.2 Å². The molecule has 3 aromatic carbocycles. The van der Waals surface area contributed by atoms with Crippen molar-refractivity contribution in [1.82, 2.24) is 30.1 Å². The van der Waals surface area contributed by atoms with Crippen LogP contribution >= 0.6 is 0 Å². The van der Waals surface area contributed by atoms with Crippen LogP contribution < -0.4 is 4.74 Å². The molecule has 0 fully saturated rings. The van der Waals surface area contributed by atoms with Gasteiger partial charge in [-0.3, -0.25) is 9.88 Å². The first-order valence-corrected chi connectivity index (χ1v) is 14.5. The van der Waals surface area contributed by atoms with E-state index >= 15 is 8.78 Å². The third-order valence-electron chi connectivity index (χ3n) is 7.30. The summed E-state index contributed by atoms with van der Waals surface area (Å²) in [6.07, 6.45) is -2.23. The van der Waals surface area contributed by atoms with Gasteiger partial charge in [0.25, 0.3) is 0 Å². The zero-order valence-corrected chi connectivity index (χ0v) is 25.7. The molecular weight excluding hydrogens is 657 g/mol. The number of hydrogen-bond acceptors (Lipinski definition) is 7. The van der Waals surface area contributed by atoms with Gasteiger partial charge in [0.2, 0.25) is 0 Å². The van der Waals surface area contributed by atoms with Crippen LogP contribution in [0.3, 0.4) is 0 Å². The number of hydrogen-bond donors (Lipinski definition) is 1. The Kier molecular flexibility index (Phi) is 10.3. The summed E-state index contributed by atoms with van der Waals surface area (Å²) in [6, 6.07) is 17.9. The molecule has 0 aliphatic heterocycles. The summed E-state index contributed by atoms with van der Waals surface area (Å²) in [6.45, 7) is -1.59. The smallest absolute Gasteiger partial charge is 0.401 e. The van der Waals surface area contributed by atoms with E-state index in [4.69, 9.17) is 4.74 Å². The van der Waals surface area contributed by atoms with Gasteiger partial charge in [0.15, 0.2) is 5.60 Å². The zero-order valence-electron chi connectivity index (χ0n) is 25.7. The van der Waals surface area contributed by atoms with E-state index in [-0.39, 0.29) is 18.7 Å². The average Bonchev–Trinajstić information content (AvgIpc) is 3.56. The summed E-state index contributed by atoms with van der Waals surface area (Å²) in [5.74, 6) is -0.368. The quantitative estimate of drug-likeness (QED) is 0.135. The van der Waals surface area contributed by atoms with Crippen LogP contribution in [-0.4, -0.2) is 55.0 Å². The van der Waals surface area contributed by atoms with Crippen molar-refractivity contribution < 1.29 is 40.6 Å². The zero-order chi connectivity index (χ0) is 35.2. The molecule has 15 heteroatoms. The summed E-state index contributed by atoms with van der Waals surface area (Å²) in [5, 5.41) is 21.5. The lowest BCUT2D eigenvalue weighted by molar-refractivity contribution is -0.207. The van der Waals surface area contributed by atoms with E-state index in [1.807, 2.05) is 0 Å². The van der Waals surface area contributed by atoms with E-state index < -0.39 is 53.7 Å². The van der Waals surface area contributed by atoms with Crippen LogP contribution in [0.2, 0.25) is 0 Å². The number of aliphatic hydroxyl groups is 1. The fraction of sp³-hybridized carbons (Fsp3) is 0.235. The molecule has 0 radical (unpaired) electrons. The first-order chi connectivity index (χ1) is 23.2. The minimum atomic E-state index is -4.26. The van der Waals surface area contributed by atoms with Crippen molar-refractivity contribution in [2.24, 2.45) is 0 Å². The minimum absolute atomic E-state index is 0.154. The number of halogens is 7. The van der Waals surface area contributed by atoms with Gasteiger partial charge in [-0.25, -0.2) is 13.5 Å². The standard InChI is InChI=1S/C34H27F7N6O2/c1-46(21-33(37,38)39)18-25-4-6-26(7-5-25)19-49-28-12-8-23(9-13-28)2-3-24-10-15-31(42-17-24)34(40,41)32(48,20-47-22-43-44-45-47)29-14-11-27(35)16-30(29)36/h4-17,22,48H,18-21H2,1H3. The van der Waals surface area contributed by atoms with E-state index in [1.54, 1.807) is 48.5 Å². The first kappa shape index (κ1) is 35.0. The lowest BCUT2D eigenvalue weighted by Gasteiger charge is -2.35. The maximum absolute atomic E-state index is 15.9. The van der Waals surface area contributed by atoms with E-state index in [0.29, 0.717) is 17.4 Å². The van der Waals surface area contributed by atoms with Crippen LogP contribution in [0.1, 0.15) is 33.5 Å². The largest absolute Gasteiger partial charge is 0.489 e. The Morgan fingerprint density at radius 3 is 2.14 bits per heavy atom.